The molecule has 0 aliphatic carbocycles. The highest BCUT2D eigenvalue weighted by Crippen LogP contribution is 2.38. The number of aliphatic hydroxyl groups is 1. The van der Waals surface area contributed by atoms with Crippen LogP contribution in [-0.2, 0) is 18.4 Å². The maximum atomic E-state index is 12.5. The molecule has 9 heteroatoms. The molecule has 0 aromatic heterocycles. The number of carbonyl (C=O) groups excluding carboxylic acids is 1. The molecule has 2 N–H and O–H groups in total. The van der Waals surface area contributed by atoms with Gasteiger partial charge in [-0.15, -0.1) is 0 Å². The number of hydrogen-bond donors (Lipinski definition) is 2. The van der Waals surface area contributed by atoms with Crippen molar-refractivity contribution in [3.05, 3.63) is 0 Å². The monoisotopic (exact) mass is 578 g/mol. The Hall–Kier alpha value is -0.500. The highest BCUT2D eigenvalue weighted by molar-refractivity contribution is 7.45. The molecule has 1 amide bonds. The number of carbonyl (C=O) groups is 1. The van der Waals surface area contributed by atoms with E-state index in [1.807, 2.05) is 21.1 Å². The van der Waals surface area contributed by atoms with Gasteiger partial charge >= 0.3 is 0 Å². The maximum Gasteiger partial charge on any atom is 0.268 e. The Kier molecular flexibility index (Phi) is 23.8. The van der Waals surface area contributed by atoms with Gasteiger partial charge in [-0.25, -0.2) is 0 Å². The first-order valence-electron chi connectivity index (χ1n) is 15.9. The largest absolute Gasteiger partial charge is 0.756 e. The number of phosphoric acid groups is 1. The lowest BCUT2D eigenvalue weighted by atomic mass is 10.0. The summed E-state index contributed by atoms with van der Waals surface area (Å²) in [5, 5.41) is 13.6. The summed E-state index contributed by atoms with van der Waals surface area (Å²) in [6, 6.07) is -0.787. The minimum Gasteiger partial charge on any atom is -0.756 e. The number of likely N-dealkylation sites (N-methyl/N-ethyl adjacent to an activating group) is 1. The molecule has 0 radical (unpaired) electrons. The highest BCUT2D eigenvalue weighted by atomic mass is 31.2. The lowest BCUT2D eigenvalue weighted by molar-refractivity contribution is -0.870. The molecule has 0 aliphatic heterocycles. The van der Waals surface area contributed by atoms with Crippen LogP contribution >= 0.6 is 7.82 Å². The zero-order valence-electron chi connectivity index (χ0n) is 26.1. The molecule has 0 aromatic rings. The third kappa shape index (κ3) is 26.2. The van der Waals surface area contributed by atoms with Gasteiger partial charge in [0.25, 0.3) is 7.82 Å². The number of aliphatic hydroxyl groups excluding tert-OH is 1. The van der Waals surface area contributed by atoms with Crippen LogP contribution in [0, 0.1) is 0 Å². The molecule has 234 valence electrons. The molecule has 0 rings (SSSR count). The van der Waals surface area contributed by atoms with E-state index in [0.717, 1.165) is 51.4 Å². The molecule has 0 bridgehead atoms. The first-order valence-corrected chi connectivity index (χ1v) is 17.3. The second-order valence-electron chi connectivity index (χ2n) is 12.2. The Bertz CT molecular complexity index is 629. The Balaban J connectivity index is 4.48. The van der Waals surface area contributed by atoms with Gasteiger partial charge < -0.3 is 28.8 Å². The molecule has 39 heavy (non-hydrogen) atoms. The van der Waals surface area contributed by atoms with Gasteiger partial charge in [0.15, 0.2) is 0 Å². The van der Waals surface area contributed by atoms with Crippen LogP contribution in [0.2, 0.25) is 0 Å². The molecular weight excluding hydrogens is 515 g/mol. The van der Waals surface area contributed by atoms with Crippen molar-refractivity contribution in [3.63, 3.8) is 0 Å². The molecule has 0 spiro atoms. The summed E-state index contributed by atoms with van der Waals surface area (Å²) in [4.78, 5) is 24.8. The van der Waals surface area contributed by atoms with Crippen molar-refractivity contribution < 1.29 is 32.9 Å². The fourth-order valence-corrected chi connectivity index (χ4v) is 5.17. The van der Waals surface area contributed by atoms with Crippen LogP contribution in [0.5, 0.6) is 0 Å². The smallest absolute Gasteiger partial charge is 0.268 e. The average Bonchev–Trinajstić information content (AvgIpc) is 2.86. The Labute approximate surface area is 240 Å². The standard InChI is InChI=1S/C30H63N2O6P/c1-6-8-10-12-13-14-15-16-17-18-20-21-23-29(33)28(31-30(34)24-22-19-11-9-7-2)27-38-39(35,36)37-26-25-32(3,4)5/h28-29,33H,6-27H2,1-5H3,(H-,31,34,35,36). The van der Waals surface area contributed by atoms with E-state index in [1.165, 1.54) is 57.8 Å². The molecule has 0 saturated heterocycles. The van der Waals surface area contributed by atoms with Crippen molar-refractivity contribution in [1.29, 1.82) is 0 Å². The van der Waals surface area contributed by atoms with Crippen molar-refractivity contribution in [3.8, 4) is 0 Å². The average molecular weight is 579 g/mol. The lowest BCUT2D eigenvalue weighted by Crippen LogP contribution is -2.46. The molecule has 0 aliphatic rings. The zero-order valence-corrected chi connectivity index (χ0v) is 27.0. The molecule has 0 heterocycles. The molecule has 3 atom stereocenters. The van der Waals surface area contributed by atoms with Gasteiger partial charge in [-0.05, 0) is 12.8 Å². The van der Waals surface area contributed by atoms with Crippen molar-refractivity contribution in [2.24, 2.45) is 0 Å². The molecular formula is C30H63N2O6P. The van der Waals surface area contributed by atoms with E-state index in [1.54, 1.807) is 0 Å². The van der Waals surface area contributed by atoms with Crippen LogP contribution in [0.25, 0.3) is 0 Å². The maximum absolute atomic E-state index is 12.5. The third-order valence-corrected chi connectivity index (χ3v) is 8.06. The van der Waals surface area contributed by atoms with E-state index in [-0.39, 0.29) is 19.1 Å². The number of phosphoric ester groups is 1. The van der Waals surface area contributed by atoms with Crippen molar-refractivity contribution in [1.82, 2.24) is 5.32 Å². The summed E-state index contributed by atoms with van der Waals surface area (Å²) in [5.74, 6) is -0.180. The predicted octanol–water partition coefficient (Wildman–Crippen LogP) is 6.49. The molecule has 0 aromatic carbocycles. The summed E-state index contributed by atoms with van der Waals surface area (Å²) in [7, 11) is 1.30. The number of hydrogen-bond acceptors (Lipinski definition) is 6. The summed E-state index contributed by atoms with van der Waals surface area (Å²) in [6.45, 7) is 4.59. The summed E-state index contributed by atoms with van der Waals surface area (Å²) in [6.07, 6.45) is 19.9. The van der Waals surface area contributed by atoms with Crippen LogP contribution < -0.4 is 10.2 Å². The van der Waals surface area contributed by atoms with E-state index in [9.17, 15) is 19.4 Å². The number of unbranched alkanes of at least 4 members (excludes halogenated alkanes) is 15. The van der Waals surface area contributed by atoms with E-state index >= 15 is 0 Å². The first-order chi connectivity index (χ1) is 18.5. The van der Waals surface area contributed by atoms with Crippen molar-refractivity contribution in [2.75, 3.05) is 40.9 Å². The molecule has 0 fully saturated rings. The minimum absolute atomic E-state index is 0.0144. The van der Waals surface area contributed by atoms with E-state index in [0.29, 0.717) is 23.9 Å². The van der Waals surface area contributed by atoms with Crippen LogP contribution in [0.1, 0.15) is 136 Å². The van der Waals surface area contributed by atoms with E-state index in [4.69, 9.17) is 9.05 Å². The van der Waals surface area contributed by atoms with Crippen molar-refractivity contribution >= 4 is 13.7 Å². The van der Waals surface area contributed by atoms with Gasteiger partial charge in [-0.3, -0.25) is 9.36 Å². The Morgan fingerprint density at radius 2 is 1.26 bits per heavy atom. The highest BCUT2D eigenvalue weighted by Gasteiger charge is 2.24. The van der Waals surface area contributed by atoms with E-state index in [2.05, 4.69) is 19.2 Å². The van der Waals surface area contributed by atoms with Gasteiger partial charge in [-0.1, -0.05) is 117 Å². The Morgan fingerprint density at radius 1 is 0.795 bits per heavy atom. The predicted molar refractivity (Wildman–Crippen MR) is 159 cm³/mol. The number of amides is 1. The van der Waals surface area contributed by atoms with Gasteiger partial charge in [0.05, 0.1) is 39.9 Å². The summed E-state index contributed by atoms with van der Waals surface area (Å²) < 4.78 is 22.9. The quantitative estimate of drug-likeness (QED) is 0.0624. The van der Waals surface area contributed by atoms with Crippen molar-refractivity contribution in [2.45, 2.75) is 148 Å². The van der Waals surface area contributed by atoms with Gasteiger partial charge in [0.1, 0.15) is 13.2 Å². The second kappa shape index (κ2) is 24.1. The number of rotatable bonds is 28. The first kappa shape index (κ1) is 38.5. The molecule has 0 saturated carbocycles. The minimum atomic E-state index is -4.53. The zero-order chi connectivity index (χ0) is 29.4. The molecule has 8 nitrogen and oxygen atoms in total. The van der Waals surface area contributed by atoms with Crippen LogP contribution in [0.3, 0.4) is 0 Å². The second-order valence-corrected chi connectivity index (χ2v) is 13.6. The Morgan fingerprint density at radius 3 is 1.74 bits per heavy atom. The molecule has 3 unspecified atom stereocenters. The number of quaternary nitrogens is 1. The lowest BCUT2D eigenvalue weighted by Gasteiger charge is -2.30. The van der Waals surface area contributed by atoms with Gasteiger partial charge in [0.2, 0.25) is 5.91 Å². The van der Waals surface area contributed by atoms with Crippen LogP contribution in [-0.4, -0.2) is 68.5 Å². The van der Waals surface area contributed by atoms with Crippen LogP contribution in [0.15, 0.2) is 0 Å². The van der Waals surface area contributed by atoms with Gasteiger partial charge in [0, 0.05) is 6.42 Å². The third-order valence-electron chi connectivity index (χ3n) is 7.10. The fraction of sp³-hybridized carbons (Fsp3) is 0.967. The normalized spacial score (nSPS) is 15.2. The number of nitrogens with one attached hydrogen (secondary N) is 1. The van der Waals surface area contributed by atoms with Gasteiger partial charge in [-0.2, -0.15) is 0 Å². The SMILES string of the molecule is CCCCCCCCCCCCCCC(O)C(COP(=O)([O-])OCC[N+](C)(C)C)NC(=O)CCCCCCC. The van der Waals surface area contributed by atoms with Crippen LogP contribution in [0.4, 0.5) is 0 Å². The fourth-order valence-electron chi connectivity index (χ4n) is 4.45. The van der Waals surface area contributed by atoms with E-state index < -0.39 is 20.0 Å². The summed E-state index contributed by atoms with van der Waals surface area (Å²) >= 11 is 0. The topological polar surface area (TPSA) is 108 Å². The summed E-state index contributed by atoms with van der Waals surface area (Å²) in [5.41, 5.74) is 0. The number of nitrogens with zero attached hydrogens (tertiary/aromatic N) is 1.